The number of hydrogen-bond donors (Lipinski definition) is 1. The Kier molecular flexibility index (Phi) is 3.74. The van der Waals surface area contributed by atoms with Crippen LogP contribution in [0.5, 0.6) is 0 Å². The van der Waals surface area contributed by atoms with E-state index in [1.165, 1.54) is 5.01 Å². The van der Waals surface area contributed by atoms with Crippen LogP contribution in [0.25, 0.3) is 0 Å². The Morgan fingerprint density at radius 3 is 2.57 bits per heavy atom. The van der Waals surface area contributed by atoms with E-state index in [0.29, 0.717) is 6.61 Å². The molecule has 1 aliphatic rings. The van der Waals surface area contributed by atoms with Crippen molar-refractivity contribution in [2.24, 2.45) is 17.7 Å². The molecule has 2 atom stereocenters. The Morgan fingerprint density at radius 2 is 2.07 bits per heavy atom. The first-order chi connectivity index (χ1) is 6.45. The summed E-state index contributed by atoms with van der Waals surface area (Å²) < 4.78 is 42.4. The van der Waals surface area contributed by atoms with E-state index < -0.39 is 18.0 Å². The molecule has 1 fully saturated rings. The molecular weight excluding hydrogens is 197 g/mol. The fraction of sp³-hybridized carbons (Fsp3) is 1.00. The van der Waals surface area contributed by atoms with Gasteiger partial charge in [-0.25, -0.2) is 5.01 Å². The molecule has 3 nitrogen and oxygen atoms in total. The van der Waals surface area contributed by atoms with Crippen LogP contribution >= 0.6 is 0 Å². The Bertz CT molecular complexity index is 186. The number of rotatable bonds is 3. The molecule has 0 aromatic carbocycles. The highest BCUT2D eigenvalue weighted by molar-refractivity contribution is 4.85. The van der Waals surface area contributed by atoms with Crippen molar-refractivity contribution in [3.63, 3.8) is 0 Å². The first kappa shape index (κ1) is 11.7. The summed E-state index contributed by atoms with van der Waals surface area (Å²) in [6.07, 6.45) is -4.17. The summed E-state index contributed by atoms with van der Waals surface area (Å²) in [7, 11) is 0. The van der Waals surface area contributed by atoms with Crippen molar-refractivity contribution in [3.8, 4) is 0 Å². The summed E-state index contributed by atoms with van der Waals surface area (Å²) >= 11 is 0. The number of hydrogen-bond acceptors (Lipinski definition) is 3. The number of halogens is 3. The first-order valence-electron chi connectivity index (χ1n) is 4.59. The lowest BCUT2D eigenvalue weighted by Crippen LogP contribution is -2.33. The Balaban J connectivity index is 2.54. The zero-order valence-corrected chi connectivity index (χ0v) is 8.05. The summed E-state index contributed by atoms with van der Waals surface area (Å²) in [5, 5.41) is 1.21. The van der Waals surface area contributed by atoms with Crippen molar-refractivity contribution >= 4 is 0 Å². The third-order valence-corrected chi connectivity index (χ3v) is 2.43. The standard InChI is InChI=1S/C8H15F3N2O/c1-2-14-5-6-3-13(12)4-7(6)8(9,10)11/h6-7H,2-5,12H2,1H3/t6-,7+/m1/s1. The summed E-state index contributed by atoms with van der Waals surface area (Å²) in [6, 6.07) is 0. The van der Waals surface area contributed by atoms with E-state index in [-0.39, 0.29) is 19.7 Å². The van der Waals surface area contributed by atoms with Crippen LogP contribution in [0.2, 0.25) is 0 Å². The Morgan fingerprint density at radius 1 is 1.43 bits per heavy atom. The maximum absolute atomic E-state index is 12.5. The zero-order valence-electron chi connectivity index (χ0n) is 8.05. The van der Waals surface area contributed by atoms with Gasteiger partial charge in [-0.2, -0.15) is 13.2 Å². The summed E-state index contributed by atoms with van der Waals surface area (Å²) in [4.78, 5) is 0. The molecule has 0 aliphatic carbocycles. The molecule has 6 heteroatoms. The third-order valence-electron chi connectivity index (χ3n) is 2.43. The van der Waals surface area contributed by atoms with Gasteiger partial charge < -0.3 is 4.74 Å². The van der Waals surface area contributed by atoms with E-state index in [9.17, 15) is 13.2 Å². The second-order valence-corrected chi connectivity index (χ2v) is 3.52. The van der Waals surface area contributed by atoms with Crippen LogP contribution in [0.4, 0.5) is 13.2 Å². The van der Waals surface area contributed by atoms with Crippen LogP contribution in [0.3, 0.4) is 0 Å². The van der Waals surface area contributed by atoms with Gasteiger partial charge in [0.15, 0.2) is 0 Å². The topological polar surface area (TPSA) is 38.5 Å². The average molecular weight is 212 g/mol. The summed E-state index contributed by atoms with van der Waals surface area (Å²) in [6.45, 7) is 2.46. The second-order valence-electron chi connectivity index (χ2n) is 3.52. The van der Waals surface area contributed by atoms with E-state index in [4.69, 9.17) is 10.6 Å². The lowest BCUT2D eigenvalue weighted by Gasteiger charge is -2.20. The predicted molar refractivity (Wildman–Crippen MR) is 45.3 cm³/mol. The normalized spacial score (nSPS) is 29.8. The van der Waals surface area contributed by atoms with E-state index in [2.05, 4.69) is 0 Å². The molecular formula is C8H15F3N2O. The highest BCUT2D eigenvalue weighted by Gasteiger charge is 2.49. The van der Waals surface area contributed by atoms with Gasteiger partial charge in [0.05, 0.1) is 12.5 Å². The number of ether oxygens (including phenoxy) is 1. The molecule has 0 unspecified atom stereocenters. The highest BCUT2D eigenvalue weighted by atomic mass is 19.4. The van der Waals surface area contributed by atoms with Crippen LogP contribution < -0.4 is 5.84 Å². The molecule has 2 N–H and O–H groups in total. The van der Waals surface area contributed by atoms with Crippen molar-refractivity contribution in [1.82, 2.24) is 5.01 Å². The lowest BCUT2D eigenvalue weighted by atomic mass is 9.96. The van der Waals surface area contributed by atoms with Gasteiger partial charge in [-0.1, -0.05) is 0 Å². The molecule has 0 spiro atoms. The van der Waals surface area contributed by atoms with Crippen LogP contribution in [0, 0.1) is 11.8 Å². The van der Waals surface area contributed by atoms with E-state index >= 15 is 0 Å². The third kappa shape index (κ3) is 2.83. The van der Waals surface area contributed by atoms with Crippen LogP contribution in [-0.2, 0) is 4.74 Å². The summed E-state index contributed by atoms with van der Waals surface area (Å²) in [5.74, 6) is 3.49. The largest absolute Gasteiger partial charge is 0.393 e. The quantitative estimate of drug-likeness (QED) is 0.709. The molecule has 1 rings (SSSR count). The van der Waals surface area contributed by atoms with Crippen molar-refractivity contribution in [2.75, 3.05) is 26.3 Å². The minimum absolute atomic E-state index is 0.124. The van der Waals surface area contributed by atoms with Gasteiger partial charge >= 0.3 is 6.18 Å². The molecule has 1 heterocycles. The smallest absolute Gasteiger partial charge is 0.381 e. The molecule has 14 heavy (non-hydrogen) atoms. The molecule has 0 saturated carbocycles. The molecule has 1 aliphatic heterocycles. The predicted octanol–water partition coefficient (Wildman–Crippen LogP) is 1.01. The van der Waals surface area contributed by atoms with E-state index in [0.717, 1.165) is 0 Å². The van der Waals surface area contributed by atoms with Crippen LogP contribution in [0.1, 0.15) is 6.92 Å². The van der Waals surface area contributed by atoms with Crippen molar-refractivity contribution < 1.29 is 17.9 Å². The van der Waals surface area contributed by atoms with Crippen LogP contribution in [0.15, 0.2) is 0 Å². The fourth-order valence-electron chi connectivity index (χ4n) is 1.71. The van der Waals surface area contributed by atoms with Gasteiger partial charge in [0.2, 0.25) is 0 Å². The summed E-state index contributed by atoms with van der Waals surface area (Å²) in [5.41, 5.74) is 0. The first-order valence-corrected chi connectivity index (χ1v) is 4.59. The Hall–Kier alpha value is -0.330. The SMILES string of the molecule is CCOC[C@H]1CN(N)C[C@@H]1C(F)(F)F. The molecule has 0 aromatic rings. The Labute approximate surface area is 81.0 Å². The minimum Gasteiger partial charge on any atom is -0.381 e. The van der Waals surface area contributed by atoms with Gasteiger partial charge in [-0.15, -0.1) is 0 Å². The molecule has 0 bridgehead atoms. The molecule has 0 radical (unpaired) electrons. The number of nitrogens with two attached hydrogens (primary N) is 1. The van der Waals surface area contributed by atoms with Crippen LogP contribution in [-0.4, -0.2) is 37.5 Å². The zero-order chi connectivity index (χ0) is 10.8. The fourth-order valence-corrected chi connectivity index (χ4v) is 1.71. The highest BCUT2D eigenvalue weighted by Crippen LogP contribution is 2.36. The number of nitrogens with zero attached hydrogens (tertiary/aromatic N) is 1. The number of hydrazine groups is 1. The minimum atomic E-state index is -4.17. The maximum Gasteiger partial charge on any atom is 0.393 e. The van der Waals surface area contributed by atoms with Crippen molar-refractivity contribution in [1.29, 1.82) is 0 Å². The van der Waals surface area contributed by atoms with Gasteiger partial charge in [0, 0.05) is 25.6 Å². The molecule has 0 aromatic heterocycles. The van der Waals surface area contributed by atoms with E-state index in [1.54, 1.807) is 6.92 Å². The molecule has 84 valence electrons. The van der Waals surface area contributed by atoms with Gasteiger partial charge in [0.25, 0.3) is 0 Å². The van der Waals surface area contributed by atoms with Gasteiger partial charge in [0.1, 0.15) is 0 Å². The average Bonchev–Trinajstić information content (AvgIpc) is 2.42. The maximum atomic E-state index is 12.5. The van der Waals surface area contributed by atoms with Gasteiger partial charge in [-0.05, 0) is 6.92 Å². The lowest BCUT2D eigenvalue weighted by molar-refractivity contribution is -0.184. The monoisotopic (exact) mass is 212 g/mol. The van der Waals surface area contributed by atoms with Crippen molar-refractivity contribution in [3.05, 3.63) is 0 Å². The molecule has 0 amide bonds. The van der Waals surface area contributed by atoms with E-state index in [1.807, 2.05) is 0 Å². The number of alkyl halides is 3. The van der Waals surface area contributed by atoms with Crippen molar-refractivity contribution in [2.45, 2.75) is 13.1 Å². The molecule has 1 saturated heterocycles. The van der Waals surface area contributed by atoms with Gasteiger partial charge in [-0.3, -0.25) is 5.84 Å². The second kappa shape index (κ2) is 4.46.